The molecule has 0 rings (SSSR count). The molecule has 0 bridgehead atoms. The van der Waals surface area contributed by atoms with Gasteiger partial charge in [-0.2, -0.15) is 0 Å². The summed E-state index contributed by atoms with van der Waals surface area (Å²) in [6, 6.07) is 0. The van der Waals surface area contributed by atoms with E-state index < -0.39 is 32.5 Å². The van der Waals surface area contributed by atoms with E-state index in [4.69, 9.17) is 18.5 Å². The molecule has 10 heteroatoms. The maximum Gasteiger partial charge on any atom is 0.306 e. The smallest absolute Gasteiger partial charge is 0.306 e. The summed E-state index contributed by atoms with van der Waals surface area (Å²) in [7, 11) is 1.12. The van der Waals surface area contributed by atoms with Crippen LogP contribution in [0.4, 0.5) is 0 Å². The molecule has 0 aliphatic heterocycles. The number of carbonyl (C=O) groups excluding carboxylic acids is 2. The Morgan fingerprint density at radius 2 is 0.771 bits per heavy atom. The molecule has 9 nitrogen and oxygen atoms in total. The number of likely N-dealkylation sites (N-methyl/N-ethyl adjacent to an activating group) is 1. The van der Waals surface area contributed by atoms with Gasteiger partial charge in [0.05, 0.1) is 27.7 Å². The summed E-state index contributed by atoms with van der Waals surface area (Å²) in [5.41, 5.74) is 0. The maximum atomic E-state index is 12.8. The van der Waals surface area contributed by atoms with Crippen LogP contribution in [0.5, 0.6) is 0 Å². The SMILES string of the molecule is CC/C=C\C/C=C\C/C=C\C/C=C\C/C=C\C/C=C\C/C=C\C/C=C\CCCCCCCCCCC(=O)OC(COC(=O)CCCCC/C=C\C/C=C\C/C=C\CC)COP(=O)([O-])OCC[N+](C)(C)C. The Morgan fingerprint density at radius 1 is 0.443 bits per heavy atom. The molecule has 2 atom stereocenters. The number of carbonyl (C=O) groups is 2. The second-order valence-electron chi connectivity index (χ2n) is 18.5. The number of hydrogen-bond donors (Lipinski definition) is 0. The molecule has 0 fully saturated rings. The number of nitrogens with zero attached hydrogens (tertiary/aromatic N) is 1. The highest BCUT2D eigenvalue weighted by molar-refractivity contribution is 7.45. The fraction of sp³-hybridized carbons (Fsp3) is 0.600. The van der Waals surface area contributed by atoms with Crippen molar-refractivity contribution in [1.29, 1.82) is 0 Å². The number of phosphoric acid groups is 1. The van der Waals surface area contributed by atoms with Crippen LogP contribution in [0.3, 0.4) is 0 Å². The molecular formula is C60H98NO8P. The average Bonchev–Trinajstić information content (AvgIpc) is 3.32. The maximum absolute atomic E-state index is 12.8. The van der Waals surface area contributed by atoms with Gasteiger partial charge in [-0.3, -0.25) is 14.2 Å². The molecule has 0 saturated carbocycles. The van der Waals surface area contributed by atoms with Crippen LogP contribution in [0.25, 0.3) is 0 Å². The molecule has 0 aliphatic carbocycles. The Hall–Kier alpha value is -3.85. The summed E-state index contributed by atoms with van der Waals surface area (Å²) in [6.07, 6.45) is 72.1. The van der Waals surface area contributed by atoms with E-state index in [9.17, 15) is 19.0 Å². The molecular weight excluding hydrogens is 894 g/mol. The summed E-state index contributed by atoms with van der Waals surface area (Å²) in [5.74, 6) is -0.891. The van der Waals surface area contributed by atoms with Crippen LogP contribution < -0.4 is 4.89 Å². The number of phosphoric ester groups is 1. The van der Waals surface area contributed by atoms with E-state index in [2.05, 4.69) is 148 Å². The molecule has 2 unspecified atom stereocenters. The zero-order valence-corrected chi connectivity index (χ0v) is 45.5. The largest absolute Gasteiger partial charge is 0.756 e. The number of allylic oxidation sites excluding steroid dienone is 22. The van der Waals surface area contributed by atoms with E-state index >= 15 is 0 Å². The minimum Gasteiger partial charge on any atom is -0.756 e. The van der Waals surface area contributed by atoms with Crippen molar-refractivity contribution in [2.75, 3.05) is 47.5 Å². The van der Waals surface area contributed by atoms with Crippen molar-refractivity contribution in [2.45, 2.75) is 187 Å². The predicted molar refractivity (Wildman–Crippen MR) is 295 cm³/mol. The first-order valence-corrected chi connectivity index (χ1v) is 28.4. The van der Waals surface area contributed by atoms with Crippen LogP contribution in [0.15, 0.2) is 134 Å². The van der Waals surface area contributed by atoms with Gasteiger partial charge in [0.15, 0.2) is 6.10 Å². The van der Waals surface area contributed by atoms with Gasteiger partial charge in [0.1, 0.15) is 19.8 Å². The first-order chi connectivity index (χ1) is 34.0. The van der Waals surface area contributed by atoms with Crippen molar-refractivity contribution >= 4 is 19.8 Å². The van der Waals surface area contributed by atoms with E-state index in [0.29, 0.717) is 23.9 Å². The van der Waals surface area contributed by atoms with Gasteiger partial charge < -0.3 is 27.9 Å². The van der Waals surface area contributed by atoms with Crippen molar-refractivity contribution in [3.63, 3.8) is 0 Å². The Morgan fingerprint density at radius 3 is 1.16 bits per heavy atom. The van der Waals surface area contributed by atoms with Gasteiger partial charge in [0, 0.05) is 12.8 Å². The Bertz CT molecular complexity index is 1640. The second-order valence-corrected chi connectivity index (χ2v) is 19.9. The lowest BCUT2D eigenvalue weighted by atomic mass is 10.1. The molecule has 0 saturated heterocycles. The van der Waals surface area contributed by atoms with Crippen LogP contribution in [-0.2, 0) is 32.7 Å². The van der Waals surface area contributed by atoms with Gasteiger partial charge in [-0.25, -0.2) is 0 Å². The highest BCUT2D eigenvalue weighted by Gasteiger charge is 2.21. The number of unbranched alkanes of at least 4 members (excludes halogenated alkanes) is 11. The molecule has 0 aromatic heterocycles. The molecule has 0 heterocycles. The monoisotopic (exact) mass is 992 g/mol. The van der Waals surface area contributed by atoms with Gasteiger partial charge >= 0.3 is 11.9 Å². The summed E-state index contributed by atoms with van der Waals surface area (Å²) < 4.78 is 34.0. The molecule has 0 amide bonds. The van der Waals surface area contributed by atoms with Gasteiger partial charge in [-0.15, -0.1) is 0 Å². The quantitative estimate of drug-likeness (QED) is 0.0195. The number of esters is 2. The topological polar surface area (TPSA) is 111 Å². The van der Waals surface area contributed by atoms with Crippen molar-refractivity contribution in [2.24, 2.45) is 0 Å². The van der Waals surface area contributed by atoms with E-state index in [0.717, 1.165) is 116 Å². The molecule has 70 heavy (non-hydrogen) atoms. The third kappa shape index (κ3) is 53.5. The fourth-order valence-corrected chi connectivity index (χ4v) is 7.29. The zero-order chi connectivity index (χ0) is 51.3. The Kier molecular flexibility index (Phi) is 47.3. The molecule has 0 spiro atoms. The summed E-state index contributed by atoms with van der Waals surface area (Å²) in [4.78, 5) is 37.7. The lowest BCUT2D eigenvalue weighted by Gasteiger charge is -2.28. The lowest BCUT2D eigenvalue weighted by molar-refractivity contribution is -0.870. The molecule has 0 N–H and O–H groups in total. The third-order valence-electron chi connectivity index (χ3n) is 10.7. The number of quaternary nitrogens is 1. The summed E-state index contributed by atoms with van der Waals surface area (Å²) in [6.45, 7) is 3.93. The van der Waals surface area contributed by atoms with Crippen molar-refractivity contribution in [1.82, 2.24) is 0 Å². The van der Waals surface area contributed by atoms with Crippen LogP contribution in [-0.4, -0.2) is 70.0 Å². The van der Waals surface area contributed by atoms with Gasteiger partial charge in [-0.1, -0.05) is 192 Å². The van der Waals surface area contributed by atoms with Crippen LogP contribution in [0.2, 0.25) is 0 Å². The first kappa shape index (κ1) is 66.2. The Labute approximate surface area is 428 Å². The van der Waals surface area contributed by atoms with Crippen LogP contribution in [0.1, 0.15) is 181 Å². The van der Waals surface area contributed by atoms with E-state index in [-0.39, 0.29) is 26.1 Å². The van der Waals surface area contributed by atoms with Crippen LogP contribution in [0, 0.1) is 0 Å². The fourth-order valence-electron chi connectivity index (χ4n) is 6.57. The second kappa shape index (κ2) is 50.1. The summed E-state index contributed by atoms with van der Waals surface area (Å²) in [5, 5.41) is 0. The molecule has 0 radical (unpaired) electrons. The number of rotatable bonds is 47. The highest BCUT2D eigenvalue weighted by atomic mass is 31.2. The van der Waals surface area contributed by atoms with Gasteiger partial charge in [-0.05, 0) is 109 Å². The number of ether oxygens (including phenoxy) is 2. The minimum atomic E-state index is -4.65. The zero-order valence-electron chi connectivity index (χ0n) is 44.7. The van der Waals surface area contributed by atoms with Gasteiger partial charge in [0.25, 0.3) is 7.82 Å². The van der Waals surface area contributed by atoms with E-state index in [1.807, 2.05) is 21.1 Å². The normalized spacial score (nSPS) is 14.4. The van der Waals surface area contributed by atoms with E-state index in [1.165, 1.54) is 25.7 Å². The molecule has 0 aromatic rings. The third-order valence-corrected chi connectivity index (χ3v) is 11.6. The average molecular weight is 992 g/mol. The predicted octanol–water partition coefficient (Wildman–Crippen LogP) is 15.9. The highest BCUT2D eigenvalue weighted by Crippen LogP contribution is 2.38. The van der Waals surface area contributed by atoms with Crippen molar-refractivity contribution in [3.05, 3.63) is 134 Å². The number of hydrogen-bond acceptors (Lipinski definition) is 8. The van der Waals surface area contributed by atoms with Crippen molar-refractivity contribution in [3.8, 4) is 0 Å². The lowest BCUT2D eigenvalue weighted by Crippen LogP contribution is -2.37. The molecule has 0 aromatic carbocycles. The van der Waals surface area contributed by atoms with E-state index in [1.54, 1.807) is 0 Å². The van der Waals surface area contributed by atoms with Crippen LogP contribution >= 0.6 is 7.82 Å². The Balaban J connectivity index is 4.21. The minimum absolute atomic E-state index is 0.0451. The standard InChI is InChI=1S/C60H98NO8P/c1-6-8-10-12-14-16-18-20-21-22-23-24-25-26-27-28-29-30-31-32-33-34-35-36-37-38-39-41-43-45-47-49-51-53-60(63)69-58(57-68-70(64,65)67-55-54-61(3,4)5)56-66-59(62)52-50-48-46-44-42-40-19-17-15-13-11-9-7-2/h8-11,14-17,20-21,23-24,26-27,29-30,32-33,35-36,40,42,58H,6-7,12-13,18-19,22,25,28,31,34,37-39,41,43-57H2,1-5H3/b10-8-,11-9-,16-14-,17-15-,21-20-,24-23-,27-26-,30-29-,33-32-,36-35-,42-40-. The molecule has 396 valence electrons. The first-order valence-electron chi connectivity index (χ1n) is 26.9. The summed E-state index contributed by atoms with van der Waals surface area (Å²) >= 11 is 0. The van der Waals surface area contributed by atoms with Crippen molar-refractivity contribution < 1.29 is 42.1 Å². The van der Waals surface area contributed by atoms with Gasteiger partial charge in [0.2, 0.25) is 0 Å². The molecule has 0 aliphatic rings.